The number of carbonyl (C=O) groups is 1. The van der Waals surface area contributed by atoms with Crippen molar-refractivity contribution in [3.63, 3.8) is 0 Å². The van der Waals surface area contributed by atoms with Crippen LogP contribution in [0.25, 0.3) is 0 Å². The lowest BCUT2D eigenvalue weighted by Crippen LogP contribution is -2.44. The van der Waals surface area contributed by atoms with Crippen LogP contribution in [0.3, 0.4) is 0 Å². The number of carboxylic acids is 1. The molecule has 0 saturated heterocycles. The molecule has 3 fully saturated rings. The van der Waals surface area contributed by atoms with E-state index in [1.54, 1.807) is 0 Å². The van der Waals surface area contributed by atoms with Crippen molar-refractivity contribution in [3.05, 3.63) is 0 Å². The van der Waals surface area contributed by atoms with Crippen LogP contribution in [0.1, 0.15) is 89.9 Å². The van der Waals surface area contributed by atoms with E-state index in [-0.39, 0.29) is 5.92 Å². The van der Waals surface area contributed by atoms with Gasteiger partial charge in [-0.05, 0) is 68.6 Å². The molecule has 3 saturated carbocycles. The summed E-state index contributed by atoms with van der Waals surface area (Å²) < 4.78 is 0. The standard InChI is InChI=1S/C19H32O2/c20-18(21)15-11-13-19(14-12-15,16-7-3-1-4-8-16)17-9-5-2-6-10-17/h15-17H,1-14H2,(H,20,21). The van der Waals surface area contributed by atoms with E-state index in [4.69, 9.17) is 0 Å². The average molecular weight is 292 g/mol. The lowest BCUT2D eigenvalue weighted by Gasteiger charge is -2.52. The van der Waals surface area contributed by atoms with E-state index in [0.29, 0.717) is 5.41 Å². The third-order valence-corrected chi connectivity index (χ3v) is 7.10. The molecule has 0 unspecified atom stereocenters. The molecule has 0 spiro atoms. The molecule has 0 aromatic rings. The molecular formula is C19H32O2. The molecular weight excluding hydrogens is 260 g/mol. The van der Waals surface area contributed by atoms with Gasteiger partial charge in [-0.2, -0.15) is 0 Å². The van der Waals surface area contributed by atoms with Crippen LogP contribution in [0.15, 0.2) is 0 Å². The summed E-state index contributed by atoms with van der Waals surface area (Å²) in [6.45, 7) is 0. The van der Waals surface area contributed by atoms with Crippen LogP contribution >= 0.6 is 0 Å². The quantitative estimate of drug-likeness (QED) is 0.755. The Hall–Kier alpha value is -0.530. The third kappa shape index (κ3) is 3.14. The van der Waals surface area contributed by atoms with Gasteiger partial charge in [0.1, 0.15) is 0 Å². The first-order chi connectivity index (χ1) is 10.2. The highest BCUT2D eigenvalue weighted by molar-refractivity contribution is 5.70. The lowest BCUT2D eigenvalue weighted by atomic mass is 9.52. The third-order valence-electron chi connectivity index (χ3n) is 7.10. The molecule has 2 nitrogen and oxygen atoms in total. The Balaban J connectivity index is 1.76. The van der Waals surface area contributed by atoms with Crippen molar-refractivity contribution in [2.45, 2.75) is 89.9 Å². The fraction of sp³-hybridized carbons (Fsp3) is 0.947. The predicted molar refractivity (Wildman–Crippen MR) is 85.2 cm³/mol. The van der Waals surface area contributed by atoms with E-state index >= 15 is 0 Å². The lowest BCUT2D eigenvalue weighted by molar-refractivity contribution is -0.145. The fourth-order valence-corrected chi connectivity index (χ4v) is 5.91. The molecule has 0 atom stereocenters. The molecule has 0 bridgehead atoms. The Bertz CT molecular complexity index is 323. The maximum atomic E-state index is 11.3. The number of hydrogen-bond donors (Lipinski definition) is 1. The minimum Gasteiger partial charge on any atom is -0.481 e. The average Bonchev–Trinajstić information content (AvgIpc) is 2.56. The zero-order valence-electron chi connectivity index (χ0n) is 13.5. The second-order valence-electron chi connectivity index (χ2n) is 8.02. The molecule has 0 radical (unpaired) electrons. The molecule has 0 aliphatic heterocycles. The fourth-order valence-electron chi connectivity index (χ4n) is 5.91. The predicted octanol–water partition coefficient (Wildman–Crippen LogP) is 5.41. The van der Waals surface area contributed by atoms with Crippen molar-refractivity contribution in [1.82, 2.24) is 0 Å². The smallest absolute Gasteiger partial charge is 0.306 e. The van der Waals surface area contributed by atoms with E-state index in [1.807, 2.05) is 0 Å². The first-order valence-corrected chi connectivity index (χ1v) is 9.45. The zero-order chi connectivity index (χ0) is 14.7. The van der Waals surface area contributed by atoms with Gasteiger partial charge in [0, 0.05) is 0 Å². The Labute approximate surface area is 129 Å². The van der Waals surface area contributed by atoms with E-state index < -0.39 is 5.97 Å². The van der Waals surface area contributed by atoms with Gasteiger partial charge in [-0.25, -0.2) is 0 Å². The number of hydrogen-bond acceptors (Lipinski definition) is 1. The molecule has 0 amide bonds. The summed E-state index contributed by atoms with van der Waals surface area (Å²) in [6.07, 6.45) is 18.5. The van der Waals surface area contributed by atoms with Gasteiger partial charge in [0.2, 0.25) is 0 Å². The molecule has 120 valence electrons. The van der Waals surface area contributed by atoms with Crippen LogP contribution in [0.4, 0.5) is 0 Å². The highest BCUT2D eigenvalue weighted by Gasteiger charge is 2.47. The molecule has 1 N–H and O–H groups in total. The molecule has 2 heteroatoms. The summed E-state index contributed by atoms with van der Waals surface area (Å²) in [5.41, 5.74) is 0.521. The second kappa shape index (κ2) is 6.71. The first-order valence-electron chi connectivity index (χ1n) is 9.45. The topological polar surface area (TPSA) is 37.3 Å². The summed E-state index contributed by atoms with van der Waals surface area (Å²) in [5.74, 6) is 1.22. The van der Waals surface area contributed by atoms with E-state index in [0.717, 1.165) is 24.7 Å². The largest absolute Gasteiger partial charge is 0.481 e. The van der Waals surface area contributed by atoms with E-state index in [1.165, 1.54) is 77.0 Å². The highest BCUT2D eigenvalue weighted by atomic mass is 16.4. The van der Waals surface area contributed by atoms with E-state index in [2.05, 4.69) is 0 Å². The number of rotatable bonds is 3. The first kappa shape index (κ1) is 15.4. The van der Waals surface area contributed by atoms with Crippen LogP contribution in [0, 0.1) is 23.2 Å². The van der Waals surface area contributed by atoms with Gasteiger partial charge in [-0.1, -0.05) is 38.5 Å². The zero-order valence-corrected chi connectivity index (χ0v) is 13.5. The van der Waals surface area contributed by atoms with Crippen LogP contribution in [0.2, 0.25) is 0 Å². The number of carboxylic acid groups (broad SMARTS) is 1. The summed E-state index contributed by atoms with van der Waals surface area (Å²) in [6, 6.07) is 0. The summed E-state index contributed by atoms with van der Waals surface area (Å²) in [7, 11) is 0. The molecule has 3 aliphatic rings. The van der Waals surface area contributed by atoms with Gasteiger partial charge in [-0.15, -0.1) is 0 Å². The Kier molecular flexibility index (Phi) is 4.91. The maximum absolute atomic E-state index is 11.3. The minimum atomic E-state index is -0.545. The Morgan fingerprint density at radius 2 is 1.14 bits per heavy atom. The van der Waals surface area contributed by atoms with Crippen LogP contribution in [0.5, 0.6) is 0 Å². The van der Waals surface area contributed by atoms with Crippen molar-refractivity contribution in [2.24, 2.45) is 23.2 Å². The van der Waals surface area contributed by atoms with E-state index in [9.17, 15) is 9.90 Å². The number of aliphatic carboxylic acids is 1. The molecule has 21 heavy (non-hydrogen) atoms. The molecule has 3 aliphatic carbocycles. The van der Waals surface area contributed by atoms with Crippen molar-refractivity contribution in [2.75, 3.05) is 0 Å². The summed E-state index contributed by atoms with van der Waals surface area (Å²) in [5, 5.41) is 9.33. The Morgan fingerprint density at radius 3 is 1.52 bits per heavy atom. The van der Waals surface area contributed by atoms with Crippen LogP contribution in [-0.2, 0) is 4.79 Å². The summed E-state index contributed by atoms with van der Waals surface area (Å²) in [4.78, 5) is 11.3. The highest BCUT2D eigenvalue weighted by Crippen LogP contribution is 2.57. The Morgan fingerprint density at radius 1 is 0.714 bits per heavy atom. The normalized spacial score (nSPS) is 29.3. The minimum absolute atomic E-state index is 0.0506. The van der Waals surface area contributed by atoms with Gasteiger partial charge >= 0.3 is 5.97 Å². The second-order valence-corrected chi connectivity index (χ2v) is 8.02. The van der Waals surface area contributed by atoms with Crippen molar-refractivity contribution in [3.8, 4) is 0 Å². The SMILES string of the molecule is O=C(O)C1CCC(C2CCCCC2)(C2CCCCC2)CC1. The molecule has 0 heterocycles. The van der Waals surface area contributed by atoms with Gasteiger partial charge in [0.05, 0.1) is 5.92 Å². The molecule has 3 rings (SSSR count). The van der Waals surface area contributed by atoms with Crippen LogP contribution in [-0.4, -0.2) is 11.1 Å². The van der Waals surface area contributed by atoms with Gasteiger partial charge in [-0.3, -0.25) is 4.79 Å². The van der Waals surface area contributed by atoms with Crippen molar-refractivity contribution in [1.29, 1.82) is 0 Å². The monoisotopic (exact) mass is 292 g/mol. The van der Waals surface area contributed by atoms with Gasteiger partial charge in [0.25, 0.3) is 0 Å². The molecule has 0 aromatic heterocycles. The van der Waals surface area contributed by atoms with Crippen LogP contribution < -0.4 is 0 Å². The summed E-state index contributed by atoms with van der Waals surface area (Å²) >= 11 is 0. The van der Waals surface area contributed by atoms with Gasteiger partial charge in [0.15, 0.2) is 0 Å². The van der Waals surface area contributed by atoms with Gasteiger partial charge < -0.3 is 5.11 Å². The maximum Gasteiger partial charge on any atom is 0.306 e. The molecule has 0 aromatic carbocycles. The van der Waals surface area contributed by atoms with Crippen molar-refractivity contribution >= 4 is 5.97 Å². The van der Waals surface area contributed by atoms with Crippen molar-refractivity contribution < 1.29 is 9.90 Å².